The van der Waals surface area contributed by atoms with Gasteiger partial charge in [0.05, 0.1) is 0 Å². The second kappa shape index (κ2) is 12.9. The fourth-order valence-electron chi connectivity index (χ4n) is 5.37. The van der Waals surface area contributed by atoms with Crippen LogP contribution in [-0.2, 0) is 16.1 Å². The average molecular weight is 446 g/mol. The summed E-state index contributed by atoms with van der Waals surface area (Å²) in [7, 11) is 0. The van der Waals surface area contributed by atoms with Crippen molar-refractivity contribution in [3.8, 4) is 0 Å². The highest BCUT2D eigenvalue weighted by Gasteiger charge is 2.29. The molecule has 0 amide bonds. The summed E-state index contributed by atoms with van der Waals surface area (Å²) in [4.78, 5) is 26.5. The molecule has 0 radical (unpaired) electrons. The van der Waals surface area contributed by atoms with Crippen molar-refractivity contribution in [2.75, 3.05) is 39.3 Å². The molecule has 1 aromatic rings. The van der Waals surface area contributed by atoms with Crippen LogP contribution < -0.4 is 0 Å². The molecule has 0 aromatic heterocycles. The summed E-state index contributed by atoms with van der Waals surface area (Å²) in [6.45, 7) is 8.90. The molecule has 178 valence electrons. The van der Waals surface area contributed by atoms with Gasteiger partial charge in [0.1, 0.15) is 0 Å². The van der Waals surface area contributed by atoms with Crippen LogP contribution >= 0.6 is 0 Å². The topological polar surface area (TPSA) is 84.3 Å². The molecule has 4 rings (SSSR count). The summed E-state index contributed by atoms with van der Waals surface area (Å²) in [5.74, 6) is -3.65. The van der Waals surface area contributed by atoms with E-state index in [0.717, 1.165) is 18.6 Å². The third kappa shape index (κ3) is 7.87. The molecule has 2 saturated heterocycles. The first-order valence-electron chi connectivity index (χ1n) is 12.2. The summed E-state index contributed by atoms with van der Waals surface area (Å²) in [5, 5.41) is 14.8. The highest BCUT2D eigenvalue weighted by Crippen LogP contribution is 2.25. The minimum Gasteiger partial charge on any atom is -0.473 e. The molecular weight excluding hydrogens is 406 g/mol. The number of rotatable bonds is 4. The summed E-state index contributed by atoms with van der Waals surface area (Å²) in [6.07, 6.45) is 11.5. The molecule has 0 unspecified atom stereocenters. The van der Waals surface area contributed by atoms with E-state index < -0.39 is 11.9 Å². The third-order valence-corrected chi connectivity index (χ3v) is 7.20. The number of carboxylic acid groups (broad SMARTS) is 2. The molecule has 3 fully saturated rings. The molecule has 7 nitrogen and oxygen atoms in total. The molecule has 1 aromatic carbocycles. The first-order valence-corrected chi connectivity index (χ1v) is 12.2. The fraction of sp³-hybridized carbons (Fsp3) is 0.680. The van der Waals surface area contributed by atoms with Gasteiger partial charge >= 0.3 is 11.9 Å². The van der Waals surface area contributed by atoms with Gasteiger partial charge in [-0.25, -0.2) is 9.59 Å². The Hall–Kier alpha value is -1.96. The van der Waals surface area contributed by atoms with E-state index in [1.165, 1.54) is 96.2 Å². The Morgan fingerprint density at radius 3 is 1.62 bits per heavy atom. The molecule has 1 aliphatic carbocycles. The average Bonchev–Trinajstić information content (AvgIpc) is 3.10. The predicted molar refractivity (Wildman–Crippen MR) is 125 cm³/mol. The highest BCUT2D eigenvalue weighted by molar-refractivity contribution is 6.27. The maximum Gasteiger partial charge on any atom is 0.414 e. The number of piperidine rings is 1. The molecule has 2 N–H and O–H groups in total. The number of hydrogen-bond donors (Lipinski definition) is 2. The molecule has 1 saturated carbocycles. The van der Waals surface area contributed by atoms with Crippen molar-refractivity contribution in [1.29, 1.82) is 0 Å². The minimum atomic E-state index is -1.82. The van der Waals surface area contributed by atoms with Crippen LogP contribution in [0.15, 0.2) is 30.3 Å². The number of carboxylic acids is 2. The van der Waals surface area contributed by atoms with E-state index in [0.29, 0.717) is 0 Å². The Morgan fingerprint density at radius 1 is 0.688 bits per heavy atom. The zero-order valence-corrected chi connectivity index (χ0v) is 19.2. The molecule has 32 heavy (non-hydrogen) atoms. The first kappa shape index (κ1) is 24.7. The standard InChI is InChI=1S/C23H37N3.C2H2O4/c1-2-7-11-22(10-6-1)25-16-18-26(19-17-25)23-12-14-24(15-13-23)20-21-8-4-3-5-9-21;3-1(4)2(5)6/h3-5,8-9,22-23H,1-2,6-7,10-20H2;(H,3,4)(H,5,6). The Balaban J connectivity index is 0.000000427. The lowest BCUT2D eigenvalue weighted by Gasteiger charge is -2.44. The molecular formula is C25H39N3O4. The van der Waals surface area contributed by atoms with E-state index in [9.17, 15) is 0 Å². The summed E-state index contributed by atoms with van der Waals surface area (Å²) in [5.41, 5.74) is 1.46. The van der Waals surface area contributed by atoms with Gasteiger partial charge in [0.15, 0.2) is 0 Å². The third-order valence-electron chi connectivity index (χ3n) is 7.20. The Kier molecular flexibility index (Phi) is 9.96. The largest absolute Gasteiger partial charge is 0.473 e. The maximum atomic E-state index is 9.10. The lowest BCUT2D eigenvalue weighted by molar-refractivity contribution is -0.159. The number of aliphatic carboxylic acids is 2. The van der Waals surface area contributed by atoms with Crippen LogP contribution in [0.2, 0.25) is 0 Å². The van der Waals surface area contributed by atoms with E-state index >= 15 is 0 Å². The summed E-state index contributed by atoms with van der Waals surface area (Å²) < 4.78 is 0. The van der Waals surface area contributed by atoms with Crippen molar-refractivity contribution in [2.45, 2.75) is 70.0 Å². The molecule has 2 aliphatic heterocycles. The molecule has 0 atom stereocenters. The van der Waals surface area contributed by atoms with Crippen LogP contribution in [0.5, 0.6) is 0 Å². The lowest BCUT2D eigenvalue weighted by Crippen LogP contribution is -2.55. The van der Waals surface area contributed by atoms with Gasteiger partial charge in [-0.2, -0.15) is 0 Å². The van der Waals surface area contributed by atoms with Gasteiger partial charge in [-0.3, -0.25) is 14.7 Å². The monoisotopic (exact) mass is 445 g/mol. The molecule has 3 aliphatic rings. The quantitative estimate of drug-likeness (QED) is 0.544. The zero-order chi connectivity index (χ0) is 22.8. The minimum absolute atomic E-state index is 0.832. The van der Waals surface area contributed by atoms with Crippen molar-refractivity contribution in [3.63, 3.8) is 0 Å². The van der Waals surface area contributed by atoms with E-state index in [2.05, 4.69) is 45.0 Å². The molecule has 7 heteroatoms. The molecule has 2 heterocycles. The van der Waals surface area contributed by atoms with Crippen molar-refractivity contribution in [3.05, 3.63) is 35.9 Å². The Bertz CT molecular complexity index is 678. The van der Waals surface area contributed by atoms with E-state index in [1.807, 2.05) is 0 Å². The normalized spacial score (nSPS) is 22.5. The second-order valence-electron chi connectivity index (χ2n) is 9.32. The summed E-state index contributed by atoms with van der Waals surface area (Å²) >= 11 is 0. The van der Waals surface area contributed by atoms with Crippen LogP contribution in [0.3, 0.4) is 0 Å². The van der Waals surface area contributed by atoms with Gasteiger partial charge in [-0.05, 0) is 44.3 Å². The Morgan fingerprint density at radius 2 is 1.16 bits per heavy atom. The van der Waals surface area contributed by atoms with Crippen molar-refractivity contribution < 1.29 is 19.8 Å². The van der Waals surface area contributed by atoms with E-state index in [-0.39, 0.29) is 0 Å². The number of likely N-dealkylation sites (tertiary alicyclic amines) is 1. The van der Waals surface area contributed by atoms with Crippen LogP contribution in [0.25, 0.3) is 0 Å². The number of hydrogen-bond acceptors (Lipinski definition) is 5. The predicted octanol–water partition coefficient (Wildman–Crippen LogP) is 3.15. The van der Waals surface area contributed by atoms with E-state index in [1.54, 1.807) is 0 Å². The fourth-order valence-corrected chi connectivity index (χ4v) is 5.37. The number of carbonyl (C=O) groups is 2. The van der Waals surface area contributed by atoms with Crippen molar-refractivity contribution in [1.82, 2.24) is 14.7 Å². The van der Waals surface area contributed by atoms with Gasteiger partial charge in [-0.1, -0.05) is 56.0 Å². The van der Waals surface area contributed by atoms with Gasteiger partial charge < -0.3 is 10.2 Å². The van der Waals surface area contributed by atoms with Crippen LogP contribution in [-0.4, -0.2) is 88.2 Å². The number of benzene rings is 1. The number of nitrogens with zero attached hydrogens (tertiary/aromatic N) is 3. The van der Waals surface area contributed by atoms with Gasteiger partial charge in [0.25, 0.3) is 0 Å². The second-order valence-corrected chi connectivity index (χ2v) is 9.32. The smallest absolute Gasteiger partial charge is 0.414 e. The molecule has 0 spiro atoms. The SMILES string of the molecule is O=C(O)C(=O)O.c1ccc(CN2CCC(N3CCN(C4CCCCCC4)CC3)CC2)cc1. The van der Waals surface area contributed by atoms with Crippen molar-refractivity contribution >= 4 is 11.9 Å². The van der Waals surface area contributed by atoms with Crippen LogP contribution in [0.4, 0.5) is 0 Å². The summed E-state index contributed by atoms with van der Waals surface area (Å²) in [6, 6.07) is 12.7. The first-order chi connectivity index (χ1) is 15.5. The number of piperazine rings is 1. The van der Waals surface area contributed by atoms with Gasteiger partial charge in [-0.15, -0.1) is 0 Å². The van der Waals surface area contributed by atoms with Crippen molar-refractivity contribution in [2.24, 2.45) is 0 Å². The molecule has 0 bridgehead atoms. The lowest BCUT2D eigenvalue weighted by atomic mass is 10.0. The zero-order valence-electron chi connectivity index (χ0n) is 19.2. The highest BCUT2D eigenvalue weighted by atomic mass is 16.4. The van der Waals surface area contributed by atoms with Crippen LogP contribution in [0, 0.1) is 0 Å². The van der Waals surface area contributed by atoms with Gasteiger partial charge in [0, 0.05) is 44.8 Å². The van der Waals surface area contributed by atoms with E-state index in [4.69, 9.17) is 19.8 Å². The van der Waals surface area contributed by atoms with Crippen LogP contribution in [0.1, 0.15) is 56.9 Å². The Labute approximate surface area is 192 Å². The maximum absolute atomic E-state index is 9.10. The van der Waals surface area contributed by atoms with Gasteiger partial charge in [0.2, 0.25) is 0 Å².